The Balaban J connectivity index is 2.48. The molecule has 5 heteroatoms. The Kier molecular flexibility index (Phi) is 3.32. The van der Waals surface area contributed by atoms with Gasteiger partial charge in [0.1, 0.15) is 11.5 Å². The van der Waals surface area contributed by atoms with Crippen LogP contribution in [0.25, 0.3) is 11.5 Å². The SMILES string of the molecule is CCOc1ccccc1-c1nc(C(=O)O)c(C)o1. The topological polar surface area (TPSA) is 72.6 Å². The van der Waals surface area contributed by atoms with E-state index in [1.54, 1.807) is 19.1 Å². The molecule has 0 atom stereocenters. The minimum absolute atomic E-state index is 0.0729. The number of aromatic nitrogens is 1. The van der Waals surface area contributed by atoms with E-state index < -0.39 is 5.97 Å². The maximum atomic E-state index is 10.9. The number of ether oxygens (including phenoxy) is 1. The summed E-state index contributed by atoms with van der Waals surface area (Å²) in [6.45, 7) is 3.96. The van der Waals surface area contributed by atoms with Crippen LogP contribution in [-0.2, 0) is 0 Å². The summed E-state index contributed by atoms with van der Waals surface area (Å²) in [6.07, 6.45) is 0. The van der Waals surface area contributed by atoms with Gasteiger partial charge in [0, 0.05) is 0 Å². The number of hydrogen-bond donors (Lipinski definition) is 1. The number of oxazole rings is 1. The third-order valence-corrected chi connectivity index (χ3v) is 2.42. The van der Waals surface area contributed by atoms with E-state index in [0.717, 1.165) is 0 Å². The van der Waals surface area contributed by atoms with Crippen LogP contribution < -0.4 is 4.74 Å². The van der Waals surface area contributed by atoms with Crippen LogP contribution in [0.2, 0.25) is 0 Å². The molecule has 18 heavy (non-hydrogen) atoms. The van der Waals surface area contributed by atoms with Crippen LogP contribution in [0.5, 0.6) is 5.75 Å². The Labute approximate surface area is 104 Å². The number of nitrogens with zero attached hydrogens (tertiary/aromatic N) is 1. The van der Waals surface area contributed by atoms with Gasteiger partial charge in [0.15, 0.2) is 5.69 Å². The molecule has 1 aromatic heterocycles. The van der Waals surface area contributed by atoms with Crippen LogP contribution in [0.3, 0.4) is 0 Å². The predicted octanol–water partition coefficient (Wildman–Crippen LogP) is 2.75. The molecule has 0 amide bonds. The molecule has 0 aliphatic carbocycles. The Hall–Kier alpha value is -2.30. The van der Waals surface area contributed by atoms with E-state index in [1.165, 1.54) is 0 Å². The lowest BCUT2D eigenvalue weighted by Crippen LogP contribution is -1.98. The minimum atomic E-state index is -1.10. The number of rotatable bonds is 4. The van der Waals surface area contributed by atoms with Crippen molar-refractivity contribution >= 4 is 5.97 Å². The van der Waals surface area contributed by atoms with E-state index in [0.29, 0.717) is 17.9 Å². The fraction of sp³-hybridized carbons (Fsp3) is 0.231. The molecule has 2 rings (SSSR count). The van der Waals surface area contributed by atoms with E-state index in [-0.39, 0.29) is 17.3 Å². The average Bonchev–Trinajstić information content (AvgIpc) is 2.72. The molecular formula is C13H13NO4. The Morgan fingerprint density at radius 1 is 1.44 bits per heavy atom. The van der Waals surface area contributed by atoms with Crippen LogP contribution in [0.1, 0.15) is 23.2 Å². The van der Waals surface area contributed by atoms with Crippen LogP contribution >= 0.6 is 0 Å². The smallest absolute Gasteiger partial charge is 0.358 e. The Morgan fingerprint density at radius 3 is 2.78 bits per heavy atom. The van der Waals surface area contributed by atoms with Gasteiger partial charge in [0.05, 0.1) is 12.2 Å². The van der Waals surface area contributed by atoms with E-state index in [4.69, 9.17) is 14.3 Å². The van der Waals surface area contributed by atoms with E-state index in [1.807, 2.05) is 19.1 Å². The van der Waals surface area contributed by atoms with Crippen LogP contribution in [0.15, 0.2) is 28.7 Å². The van der Waals surface area contributed by atoms with Gasteiger partial charge in [-0.25, -0.2) is 9.78 Å². The zero-order chi connectivity index (χ0) is 13.1. The highest BCUT2D eigenvalue weighted by Crippen LogP contribution is 2.30. The molecule has 0 radical (unpaired) electrons. The van der Waals surface area contributed by atoms with Crippen molar-refractivity contribution < 1.29 is 19.1 Å². The molecule has 0 saturated heterocycles. The van der Waals surface area contributed by atoms with E-state index in [9.17, 15) is 4.79 Å². The van der Waals surface area contributed by atoms with Gasteiger partial charge in [-0.3, -0.25) is 0 Å². The molecule has 0 aliphatic rings. The number of aryl methyl sites for hydroxylation is 1. The average molecular weight is 247 g/mol. The van der Waals surface area contributed by atoms with Crippen molar-refractivity contribution in [3.05, 3.63) is 35.7 Å². The second-order valence-electron chi connectivity index (χ2n) is 3.66. The first kappa shape index (κ1) is 12.2. The first-order chi connectivity index (χ1) is 8.63. The summed E-state index contributed by atoms with van der Waals surface area (Å²) in [4.78, 5) is 14.9. The number of para-hydroxylation sites is 1. The second-order valence-corrected chi connectivity index (χ2v) is 3.66. The van der Waals surface area contributed by atoms with Gasteiger partial charge in [-0.05, 0) is 26.0 Å². The predicted molar refractivity (Wildman–Crippen MR) is 64.8 cm³/mol. The number of benzene rings is 1. The molecule has 1 heterocycles. The molecule has 94 valence electrons. The monoisotopic (exact) mass is 247 g/mol. The van der Waals surface area contributed by atoms with E-state index in [2.05, 4.69) is 4.98 Å². The molecule has 0 spiro atoms. The Bertz CT molecular complexity index is 574. The van der Waals surface area contributed by atoms with Crippen molar-refractivity contribution in [2.45, 2.75) is 13.8 Å². The molecule has 1 N–H and O–H groups in total. The summed E-state index contributed by atoms with van der Waals surface area (Å²) in [6, 6.07) is 7.22. The number of carboxylic acids is 1. The molecule has 0 unspecified atom stereocenters. The highest BCUT2D eigenvalue weighted by atomic mass is 16.5. The van der Waals surface area contributed by atoms with Crippen molar-refractivity contribution in [2.75, 3.05) is 6.61 Å². The van der Waals surface area contributed by atoms with Crippen molar-refractivity contribution in [3.63, 3.8) is 0 Å². The number of carbonyl (C=O) groups is 1. The fourth-order valence-electron chi connectivity index (χ4n) is 1.63. The summed E-state index contributed by atoms with van der Waals surface area (Å²) in [5.41, 5.74) is 0.575. The second kappa shape index (κ2) is 4.91. The first-order valence-electron chi connectivity index (χ1n) is 5.56. The Morgan fingerprint density at radius 2 is 2.17 bits per heavy atom. The van der Waals surface area contributed by atoms with Gasteiger partial charge in [0.25, 0.3) is 0 Å². The lowest BCUT2D eigenvalue weighted by molar-refractivity contribution is 0.0689. The molecule has 1 aromatic carbocycles. The largest absolute Gasteiger partial charge is 0.493 e. The number of aromatic carboxylic acids is 1. The van der Waals surface area contributed by atoms with Gasteiger partial charge < -0.3 is 14.3 Å². The molecular weight excluding hydrogens is 234 g/mol. The van der Waals surface area contributed by atoms with Gasteiger partial charge in [-0.15, -0.1) is 0 Å². The van der Waals surface area contributed by atoms with Crippen LogP contribution in [0.4, 0.5) is 0 Å². The zero-order valence-corrected chi connectivity index (χ0v) is 10.1. The van der Waals surface area contributed by atoms with Crippen molar-refractivity contribution in [3.8, 4) is 17.2 Å². The van der Waals surface area contributed by atoms with Gasteiger partial charge >= 0.3 is 5.97 Å². The maximum absolute atomic E-state index is 10.9. The quantitative estimate of drug-likeness (QED) is 0.899. The summed E-state index contributed by atoms with van der Waals surface area (Å²) in [5, 5.41) is 8.94. The lowest BCUT2D eigenvalue weighted by Gasteiger charge is -2.06. The third kappa shape index (κ3) is 2.20. The van der Waals surface area contributed by atoms with Gasteiger partial charge in [0.2, 0.25) is 5.89 Å². The zero-order valence-electron chi connectivity index (χ0n) is 10.1. The van der Waals surface area contributed by atoms with E-state index >= 15 is 0 Å². The van der Waals surface area contributed by atoms with Crippen molar-refractivity contribution in [1.29, 1.82) is 0 Å². The number of hydrogen-bond acceptors (Lipinski definition) is 4. The molecule has 2 aromatic rings. The van der Waals surface area contributed by atoms with Crippen LogP contribution in [0, 0.1) is 6.92 Å². The summed E-state index contributed by atoms with van der Waals surface area (Å²) < 4.78 is 10.8. The van der Waals surface area contributed by atoms with Gasteiger partial charge in [-0.2, -0.15) is 0 Å². The summed E-state index contributed by atoms with van der Waals surface area (Å²) >= 11 is 0. The highest BCUT2D eigenvalue weighted by Gasteiger charge is 2.19. The third-order valence-electron chi connectivity index (χ3n) is 2.42. The normalized spacial score (nSPS) is 10.3. The standard InChI is InChI=1S/C13H13NO4/c1-3-17-10-7-5-4-6-9(10)12-14-11(13(15)16)8(2)18-12/h4-7H,3H2,1-2H3,(H,15,16). The fourth-order valence-corrected chi connectivity index (χ4v) is 1.63. The molecule has 0 saturated carbocycles. The first-order valence-corrected chi connectivity index (χ1v) is 5.56. The maximum Gasteiger partial charge on any atom is 0.358 e. The highest BCUT2D eigenvalue weighted by molar-refractivity contribution is 5.87. The van der Waals surface area contributed by atoms with Crippen LogP contribution in [-0.4, -0.2) is 22.7 Å². The summed E-state index contributed by atoms with van der Waals surface area (Å²) in [7, 11) is 0. The molecule has 0 aliphatic heterocycles. The molecule has 0 fully saturated rings. The van der Waals surface area contributed by atoms with Gasteiger partial charge in [-0.1, -0.05) is 12.1 Å². The summed E-state index contributed by atoms with van der Waals surface area (Å²) in [5.74, 6) is 0.0623. The van der Waals surface area contributed by atoms with Crippen molar-refractivity contribution in [2.24, 2.45) is 0 Å². The number of carboxylic acid groups (broad SMARTS) is 1. The molecule has 0 bridgehead atoms. The van der Waals surface area contributed by atoms with Crippen molar-refractivity contribution in [1.82, 2.24) is 4.98 Å². The molecule has 5 nitrogen and oxygen atoms in total. The lowest BCUT2D eigenvalue weighted by atomic mass is 10.2. The minimum Gasteiger partial charge on any atom is -0.493 e.